The fraction of sp³-hybridized carbons (Fsp3) is 0.381. The van der Waals surface area contributed by atoms with E-state index in [-0.39, 0.29) is 11.8 Å². The Hall–Kier alpha value is -2.90. The van der Waals surface area contributed by atoms with Crippen LogP contribution in [0, 0.1) is 0 Å². The number of amides is 1. The second kappa shape index (κ2) is 7.85. The van der Waals surface area contributed by atoms with Gasteiger partial charge in [0.2, 0.25) is 0 Å². The first-order chi connectivity index (χ1) is 13.6. The second-order valence-electron chi connectivity index (χ2n) is 7.40. The van der Waals surface area contributed by atoms with Crippen molar-refractivity contribution in [1.29, 1.82) is 0 Å². The minimum Gasteiger partial charge on any atom is -0.497 e. The van der Waals surface area contributed by atoms with Crippen molar-refractivity contribution in [2.75, 3.05) is 13.7 Å². The van der Waals surface area contributed by atoms with Gasteiger partial charge in [-0.3, -0.25) is 4.79 Å². The van der Waals surface area contributed by atoms with E-state index in [1.807, 2.05) is 19.9 Å². The number of hydrogen-bond acceptors (Lipinski definition) is 4. The molecule has 0 saturated heterocycles. The van der Waals surface area contributed by atoms with Crippen LogP contribution in [0.5, 0.6) is 17.2 Å². The molecule has 0 fully saturated rings. The van der Waals surface area contributed by atoms with Crippen LogP contribution >= 0.6 is 0 Å². The molecule has 2 aromatic carbocycles. The molecule has 1 unspecified atom stereocenters. The van der Waals surface area contributed by atoms with E-state index in [1.165, 1.54) is 12.1 Å². The molecule has 1 atom stereocenters. The van der Waals surface area contributed by atoms with Crippen molar-refractivity contribution in [3.8, 4) is 17.2 Å². The number of rotatable bonds is 5. The molecule has 0 aromatic heterocycles. The summed E-state index contributed by atoms with van der Waals surface area (Å²) in [6.07, 6.45) is -3.94. The van der Waals surface area contributed by atoms with E-state index in [4.69, 9.17) is 14.2 Å². The van der Waals surface area contributed by atoms with Crippen LogP contribution in [0.2, 0.25) is 0 Å². The Morgan fingerprint density at radius 1 is 1.21 bits per heavy atom. The monoisotopic (exact) mass is 409 g/mol. The molecule has 1 aliphatic heterocycles. The molecule has 0 bridgehead atoms. The van der Waals surface area contributed by atoms with Crippen LogP contribution in [0.1, 0.15) is 37.4 Å². The molecule has 29 heavy (non-hydrogen) atoms. The highest BCUT2D eigenvalue weighted by Crippen LogP contribution is 2.41. The highest BCUT2D eigenvalue weighted by molar-refractivity contribution is 5.78. The van der Waals surface area contributed by atoms with Gasteiger partial charge < -0.3 is 19.5 Å². The third-order valence-electron chi connectivity index (χ3n) is 4.54. The van der Waals surface area contributed by atoms with Crippen LogP contribution in [0.15, 0.2) is 42.5 Å². The Morgan fingerprint density at radius 3 is 2.66 bits per heavy atom. The summed E-state index contributed by atoms with van der Waals surface area (Å²) in [6, 6.07) is 9.46. The molecule has 1 N–H and O–H groups in total. The highest BCUT2D eigenvalue weighted by atomic mass is 19.4. The highest BCUT2D eigenvalue weighted by Gasteiger charge is 2.35. The first kappa shape index (κ1) is 20.8. The maximum atomic E-state index is 12.8. The number of fused-ring (bicyclic) bond motifs is 1. The largest absolute Gasteiger partial charge is 0.497 e. The summed E-state index contributed by atoms with van der Waals surface area (Å²) in [4.78, 5) is 12.4. The number of alkyl halides is 3. The minimum atomic E-state index is -4.47. The first-order valence-corrected chi connectivity index (χ1v) is 9.04. The lowest BCUT2D eigenvalue weighted by molar-refractivity contribution is -0.137. The maximum Gasteiger partial charge on any atom is 0.416 e. The van der Waals surface area contributed by atoms with Crippen molar-refractivity contribution in [3.05, 3.63) is 53.6 Å². The summed E-state index contributed by atoms with van der Waals surface area (Å²) in [5.41, 5.74) is -0.541. The number of nitrogens with one attached hydrogen (secondary N) is 1. The Bertz CT molecular complexity index is 896. The van der Waals surface area contributed by atoms with E-state index in [0.29, 0.717) is 17.9 Å². The van der Waals surface area contributed by atoms with Gasteiger partial charge in [0.25, 0.3) is 5.91 Å². The Balaban J connectivity index is 1.68. The maximum absolute atomic E-state index is 12.8. The molecule has 0 spiro atoms. The summed E-state index contributed by atoms with van der Waals surface area (Å²) in [5.74, 6) is 0.795. The van der Waals surface area contributed by atoms with Crippen LogP contribution in [0.3, 0.4) is 0 Å². The molecule has 0 radical (unpaired) electrons. The fourth-order valence-electron chi connectivity index (χ4n) is 3.23. The zero-order valence-electron chi connectivity index (χ0n) is 16.3. The normalized spacial score (nSPS) is 17.7. The van der Waals surface area contributed by atoms with Crippen molar-refractivity contribution in [1.82, 2.24) is 5.32 Å². The quantitative estimate of drug-likeness (QED) is 0.790. The molecule has 156 valence electrons. The molecule has 0 aliphatic carbocycles. The van der Waals surface area contributed by atoms with Gasteiger partial charge in [0.05, 0.1) is 18.7 Å². The molecule has 1 heterocycles. The third kappa shape index (κ3) is 5.13. The van der Waals surface area contributed by atoms with Gasteiger partial charge in [-0.15, -0.1) is 0 Å². The summed E-state index contributed by atoms with van der Waals surface area (Å²) in [5, 5.41) is 2.88. The number of ether oxygens (including phenoxy) is 3. The van der Waals surface area contributed by atoms with E-state index in [1.54, 1.807) is 19.2 Å². The second-order valence-corrected chi connectivity index (χ2v) is 7.40. The van der Waals surface area contributed by atoms with Gasteiger partial charge in [0.15, 0.2) is 6.61 Å². The summed E-state index contributed by atoms with van der Waals surface area (Å²) >= 11 is 0. The molecule has 8 heteroatoms. The number of benzene rings is 2. The van der Waals surface area contributed by atoms with Gasteiger partial charge in [0.1, 0.15) is 22.8 Å². The van der Waals surface area contributed by atoms with Crippen LogP contribution in [0.4, 0.5) is 13.2 Å². The average molecular weight is 409 g/mol. The van der Waals surface area contributed by atoms with Gasteiger partial charge in [0, 0.05) is 18.1 Å². The Labute approximate surface area is 166 Å². The average Bonchev–Trinajstić information content (AvgIpc) is 2.64. The van der Waals surface area contributed by atoms with Crippen molar-refractivity contribution in [3.63, 3.8) is 0 Å². The molecule has 5 nitrogen and oxygen atoms in total. The summed E-state index contributed by atoms with van der Waals surface area (Å²) in [7, 11) is 1.56. The Kier molecular flexibility index (Phi) is 5.64. The van der Waals surface area contributed by atoms with E-state index in [2.05, 4.69) is 5.32 Å². The van der Waals surface area contributed by atoms with Gasteiger partial charge in [-0.2, -0.15) is 13.2 Å². The van der Waals surface area contributed by atoms with Gasteiger partial charge >= 0.3 is 6.18 Å². The molecule has 0 saturated carbocycles. The predicted octanol–water partition coefficient (Wildman–Crippen LogP) is 4.51. The molecular weight excluding hydrogens is 387 g/mol. The minimum absolute atomic E-state index is 0.0209. The smallest absolute Gasteiger partial charge is 0.416 e. The van der Waals surface area contributed by atoms with Crippen molar-refractivity contribution in [2.24, 2.45) is 0 Å². The van der Waals surface area contributed by atoms with Crippen LogP contribution in [-0.2, 0) is 11.0 Å². The molecule has 3 rings (SSSR count). The topological polar surface area (TPSA) is 56.8 Å². The van der Waals surface area contributed by atoms with Gasteiger partial charge in [-0.25, -0.2) is 0 Å². The lowest BCUT2D eigenvalue weighted by Crippen LogP contribution is -2.42. The van der Waals surface area contributed by atoms with E-state index in [0.717, 1.165) is 17.7 Å². The number of hydrogen-bond donors (Lipinski definition) is 1. The van der Waals surface area contributed by atoms with E-state index >= 15 is 0 Å². The predicted molar refractivity (Wildman–Crippen MR) is 100 cm³/mol. The van der Waals surface area contributed by atoms with Crippen LogP contribution in [-0.4, -0.2) is 25.2 Å². The summed E-state index contributed by atoms with van der Waals surface area (Å²) in [6.45, 7) is 3.42. The Morgan fingerprint density at radius 2 is 1.97 bits per heavy atom. The first-order valence-electron chi connectivity index (χ1n) is 9.04. The number of methoxy groups -OCH3 is 1. The SMILES string of the molecule is COc1ccc2c(c1)OC(C)(C)CC2NC(=O)COc1cccc(C(F)(F)F)c1. The molecule has 2 aromatic rings. The molecular formula is C21H22F3NO4. The lowest BCUT2D eigenvalue weighted by atomic mass is 9.89. The lowest BCUT2D eigenvalue weighted by Gasteiger charge is -2.38. The number of halogens is 3. The van der Waals surface area contributed by atoms with Crippen molar-refractivity contribution in [2.45, 2.75) is 38.1 Å². The van der Waals surface area contributed by atoms with Gasteiger partial charge in [-0.05, 0) is 44.2 Å². The number of carbonyl (C=O) groups is 1. The van der Waals surface area contributed by atoms with Crippen LogP contribution in [0.25, 0.3) is 0 Å². The summed E-state index contributed by atoms with van der Waals surface area (Å²) < 4.78 is 54.8. The zero-order valence-corrected chi connectivity index (χ0v) is 16.3. The molecule has 1 amide bonds. The standard InChI is InChI=1S/C21H22F3NO4/c1-20(2)11-17(16-8-7-14(27-3)10-18(16)29-20)25-19(26)12-28-15-6-4-5-13(9-15)21(22,23)24/h4-10,17H,11-12H2,1-3H3,(H,25,26). The fourth-order valence-corrected chi connectivity index (χ4v) is 3.23. The van der Waals surface area contributed by atoms with Crippen molar-refractivity contribution < 1.29 is 32.2 Å². The van der Waals surface area contributed by atoms with E-state index < -0.39 is 29.9 Å². The van der Waals surface area contributed by atoms with E-state index in [9.17, 15) is 18.0 Å². The zero-order chi connectivity index (χ0) is 21.2. The molecule has 1 aliphatic rings. The van der Waals surface area contributed by atoms with Gasteiger partial charge in [-0.1, -0.05) is 6.07 Å². The van der Waals surface area contributed by atoms with Crippen molar-refractivity contribution >= 4 is 5.91 Å². The van der Waals surface area contributed by atoms with Crippen LogP contribution < -0.4 is 19.5 Å². The third-order valence-corrected chi connectivity index (χ3v) is 4.54. The number of carbonyl (C=O) groups excluding carboxylic acids is 1.